The molecular formula is C22H22. The first-order valence-electron chi connectivity index (χ1n) is 8.04. The van der Waals surface area contributed by atoms with E-state index in [0.717, 1.165) is 6.42 Å². The van der Waals surface area contributed by atoms with E-state index in [4.69, 9.17) is 0 Å². The molecule has 0 heterocycles. The highest BCUT2D eigenvalue weighted by Gasteiger charge is 2.12. The molecule has 0 aromatic heterocycles. The van der Waals surface area contributed by atoms with Crippen molar-refractivity contribution in [2.75, 3.05) is 0 Å². The van der Waals surface area contributed by atoms with E-state index in [1.807, 2.05) is 0 Å². The van der Waals surface area contributed by atoms with Crippen molar-refractivity contribution >= 4 is 0 Å². The van der Waals surface area contributed by atoms with Gasteiger partial charge in [-0.25, -0.2) is 0 Å². The van der Waals surface area contributed by atoms with Gasteiger partial charge in [-0.1, -0.05) is 86.1 Å². The van der Waals surface area contributed by atoms with Crippen LogP contribution in [0.25, 0.3) is 22.3 Å². The Morgan fingerprint density at radius 3 is 2.09 bits per heavy atom. The Bertz CT molecular complexity index is 754. The Morgan fingerprint density at radius 2 is 1.36 bits per heavy atom. The van der Waals surface area contributed by atoms with E-state index in [9.17, 15) is 0 Å². The lowest BCUT2D eigenvalue weighted by molar-refractivity contribution is 0.922. The summed E-state index contributed by atoms with van der Waals surface area (Å²) in [6.07, 6.45) is 2.30. The van der Waals surface area contributed by atoms with E-state index >= 15 is 0 Å². The molecule has 0 saturated carbocycles. The van der Waals surface area contributed by atoms with E-state index in [0.29, 0.717) is 0 Å². The fraction of sp³-hybridized carbons (Fsp3) is 0.182. The van der Waals surface area contributed by atoms with Gasteiger partial charge in [0.1, 0.15) is 0 Å². The van der Waals surface area contributed by atoms with Gasteiger partial charge in [-0.3, -0.25) is 0 Å². The lowest BCUT2D eigenvalue weighted by atomic mass is 9.88. The number of rotatable bonds is 4. The molecule has 3 aromatic carbocycles. The largest absolute Gasteiger partial charge is 0.0651 e. The van der Waals surface area contributed by atoms with Crippen molar-refractivity contribution in [1.29, 1.82) is 0 Å². The van der Waals surface area contributed by atoms with Gasteiger partial charge in [-0.2, -0.15) is 0 Å². The van der Waals surface area contributed by atoms with Gasteiger partial charge >= 0.3 is 0 Å². The van der Waals surface area contributed by atoms with Crippen LogP contribution in [0.1, 0.15) is 24.5 Å². The fourth-order valence-corrected chi connectivity index (χ4v) is 3.16. The third-order valence-electron chi connectivity index (χ3n) is 4.16. The molecule has 0 aliphatic heterocycles. The minimum absolute atomic E-state index is 1.13. The van der Waals surface area contributed by atoms with Crippen LogP contribution in [0.5, 0.6) is 0 Å². The van der Waals surface area contributed by atoms with Crippen molar-refractivity contribution < 1.29 is 0 Å². The lowest BCUT2D eigenvalue weighted by Gasteiger charge is -2.16. The molecule has 0 N–H and O–H groups in total. The first kappa shape index (κ1) is 14.6. The zero-order valence-electron chi connectivity index (χ0n) is 13.3. The van der Waals surface area contributed by atoms with Gasteiger partial charge in [0.25, 0.3) is 0 Å². The van der Waals surface area contributed by atoms with Crippen molar-refractivity contribution in [1.82, 2.24) is 0 Å². The molecule has 0 atom stereocenters. The summed E-state index contributed by atoms with van der Waals surface area (Å²) in [4.78, 5) is 0. The number of hydrogen-bond donors (Lipinski definition) is 0. The minimum atomic E-state index is 1.13. The Kier molecular flexibility index (Phi) is 4.39. The highest BCUT2D eigenvalue weighted by molar-refractivity contribution is 5.86. The monoisotopic (exact) mass is 286 g/mol. The Balaban J connectivity index is 2.22. The van der Waals surface area contributed by atoms with Crippen LogP contribution in [-0.2, 0) is 6.42 Å². The number of aryl methyl sites for hydroxylation is 2. The standard InChI is InChI=1S/C22H22/c1-3-10-19-14-9-11-17(2)22(19)21-16-8-7-15-20(21)18-12-5-4-6-13-18/h4-9,11-16H,3,10H2,1-2H3. The molecular weight excluding hydrogens is 264 g/mol. The van der Waals surface area contributed by atoms with Gasteiger partial charge in [0.05, 0.1) is 0 Å². The third kappa shape index (κ3) is 2.82. The SMILES string of the molecule is CCCc1cccc(C)c1-c1ccccc1-c1ccccc1. The maximum absolute atomic E-state index is 2.27. The van der Waals surface area contributed by atoms with Crippen molar-refractivity contribution in [3.8, 4) is 22.3 Å². The molecule has 0 aliphatic carbocycles. The van der Waals surface area contributed by atoms with E-state index in [2.05, 4.69) is 86.6 Å². The lowest BCUT2D eigenvalue weighted by Crippen LogP contribution is -1.94. The summed E-state index contributed by atoms with van der Waals surface area (Å²) in [5, 5.41) is 0. The fourth-order valence-electron chi connectivity index (χ4n) is 3.16. The molecule has 0 amide bonds. The van der Waals surface area contributed by atoms with Crippen LogP contribution >= 0.6 is 0 Å². The average Bonchev–Trinajstić information content (AvgIpc) is 2.56. The van der Waals surface area contributed by atoms with Crippen LogP contribution in [0.15, 0.2) is 72.8 Å². The molecule has 0 unspecified atom stereocenters. The van der Waals surface area contributed by atoms with Crippen molar-refractivity contribution in [3.63, 3.8) is 0 Å². The predicted octanol–water partition coefficient (Wildman–Crippen LogP) is 6.28. The van der Waals surface area contributed by atoms with Crippen LogP contribution in [0, 0.1) is 6.92 Å². The molecule has 0 spiro atoms. The average molecular weight is 286 g/mol. The van der Waals surface area contributed by atoms with Crippen LogP contribution < -0.4 is 0 Å². The molecule has 0 radical (unpaired) electrons. The number of benzene rings is 3. The highest BCUT2D eigenvalue weighted by Crippen LogP contribution is 2.36. The maximum atomic E-state index is 2.27. The smallest absolute Gasteiger partial charge is 0.01000 e. The summed E-state index contributed by atoms with van der Waals surface area (Å²) in [7, 11) is 0. The summed E-state index contributed by atoms with van der Waals surface area (Å²) in [6, 6.07) is 26.1. The Morgan fingerprint density at radius 1 is 0.682 bits per heavy atom. The van der Waals surface area contributed by atoms with Crippen LogP contribution in [0.3, 0.4) is 0 Å². The topological polar surface area (TPSA) is 0 Å². The van der Waals surface area contributed by atoms with Gasteiger partial charge in [0.15, 0.2) is 0 Å². The van der Waals surface area contributed by atoms with Gasteiger partial charge in [-0.05, 0) is 46.7 Å². The van der Waals surface area contributed by atoms with Crippen LogP contribution in [0.4, 0.5) is 0 Å². The molecule has 0 nitrogen and oxygen atoms in total. The van der Waals surface area contributed by atoms with Crippen molar-refractivity contribution in [2.45, 2.75) is 26.7 Å². The van der Waals surface area contributed by atoms with E-state index in [-0.39, 0.29) is 0 Å². The van der Waals surface area contributed by atoms with Crippen molar-refractivity contribution in [3.05, 3.63) is 83.9 Å². The van der Waals surface area contributed by atoms with Crippen LogP contribution in [-0.4, -0.2) is 0 Å². The Labute approximate surface area is 133 Å². The van der Waals surface area contributed by atoms with E-state index < -0.39 is 0 Å². The second-order valence-electron chi connectivity index (χ2n) is 5.77. The zero-order chi connectivity index (χ0) is 15.4. The van der Waals surface area contributed by atoms with Gasteiger partial charge < -0.3 is 0 Å². The molecule has 0 heteroatoms. The summed E-state index contributed by atoms with van der Waals surface area (Å²) >= 11 is 0. The van der Waals surface area contributed by atoms with Crippen LogP contribution in [0.2, 0.25) is 0 Å². The van der Waals surface area contributed by atoms with Gasteiger partial charge in [-0.15, -0.1) is 0 Å². The van der Waals surface area contributed by atoms with Gasteiger partial charge in [0, 0.05) is 0 Å². The molecule has 3 rings (SSSR count). The molecule has 0 saturated heterocycles. The summed E-state index contributed by atoms with van der Waals surface area (Å²) in [6.45, 7) is 4.46. The summed E-state index contributed by atoms with van der Waals surface area (Å²) < 4.78 is 0. The van der Waals surface area contributed by atoms with Gasteiger partial charge in [0.2, 0.25) is 0 Å². The summed E-state index contributed by atoms with van der Waals surface area (Å²) in [5.41, 5.74) is 8.15. The second-order valence-corrected chi connectivity index (χ2v) is 5.77. The minimum Gasteiger partial charge on any atom is -0.0651 e. The molecule has 110 valence electrons. The quantitative estimate of drug-likeness (QED) is 0.529. The normalized spacial score (nSPS) is 10.6. The van der Waals surface area contributed by atoms with E-state index in [1.54, 1.807) is 0 Å². The van der Waals surface area contributed by atoms with Crippen molar-refractivity contribution in [2.24, 2.45) is 0 Å². The molecule has 0 fully saturated rings. The number of hydrogen-bond acceptors (Lipinski definition) is 0. The first-order chi connectivity index (χ1) is 10.8. The third-order valence-corrected chi connectivity index (χ3v) is 4.16. The Hall–Kier alpha value is -2.34. The molecule has 0 bridgehead atoms. The second kappa shape index (κ2) is 6.62. The summed E-state index contributed by atoms with van der Waals surface area (Å²) in [5.74, 6) is 0. The maximum Gasteiger partial charge on any atom is -0.01000 e. The molecule has 0 aliphatic rings. The molecule has 22 heavy (non-hydrogen) atoms. The molecule has 3 aromatic rings. The first-order valence-corrected chi connectivity index (χ1v) is 8.04. The highest BCUT2D eigenvalue weighted by atomic mass is 14.2. The zero-order valence-corrected chi connectivity index (χ0v) is 13.3. The van der Waals surface area contributed by atoms with E-state index in [1.165, 1.54) is 39.8 Å². The predicted molar refractivity (Wildman–Crippen MR) is 96.0 cm³/mol.